The second-order valence-corrected chi connectivity index (χ2v) is 9.38. The van der Waals surface area contributed by atoms with Gasteiger partial charge in [0.15, 0.2) is 9.84 Å². The van der Waals surface area contributed by atoms with Crippen LogP contribution in [0.25, 0.3) is 0 Å². The van der Waals surface area contributed by atoms with Gasteiger partial charge in [0, 0.05) is 31.6 Å². The van der Waals surface area contributed by atoms with Crippen molar-refractivity contribution in [3.05, 3.63) is 35.4 Å². The smallest absolute Gasteiger partial charge is 0.317 e. The molecule has 0 saturated carbocycles. The van der Waals surface area contributed by atoms with Crippen molar-refractivity contribution in [3.63, 3.8) is 0 Å². The molecule has 0 unspecified atom stereocenters. The van der Waals surface area contributed by atoms with Crippen LogP contribution in [0.3, 0.4) is 0 Å². The molecule has 2 fully saturated rings. The summed E-state index contributed by atoms with van der Waals surface area (Å²) in [5.41, 5.74) is 2.21. The molecule has 1 N–H and O–H groups in total. The number of carbonyl (C=O) groups excluding carboxylic acids is 1. The van der Waals surface area contributed by atoms with E-state index in [1.807, 2.05) is 50.2 Å². The summed E-state index contributed by atoms with van der Waals surface area (Å²) in [6.45, 7) is 3.28. The lowest BCUT2D eigenvalue weighted by atomic mass is 10.00. The quantitative estimate of drug-likeness (QED) is 0.877. The van der Waals surface area contributed by atoms with E-state index in [4.69, 9.17) is 0 Å². The maximum absolute atomic E-state index is 12.4. The van der Waals surface area contributed by atoms with Crippen LogP contribution in [0.2, 0.25) is 0 Å². The molecule has 0 aromatic heterocycles. The molecular weight excluding hydrogens is 326 g/mol. The van der Waals surface area contributed by atoms with E-state index in [-0.39, 0.29) is 23.7 Å². The number of nitrogens with zero attached hydrogens (tertiary/aromatic N) is 2. The third kappa shape index (κ3) is 3.28. The minimum atomic E-state index is -3.12. The van der Waals surface area contributed by atoms with Crippen molar-refractivity contribution >= 4 is 15.9 Å². The van der Waals surface area contributed by atoms with Gasteiger partial charge in [0.25, 0.3) is 0 Å². The van der Waals surface area contributed by atoms with Gasteiger partial charge in [-0.3, -0.25) is 0 Å². The van der Waals surface area contributed by atoms with E-state index in [0.717, 1.165) is 5.56 Å². The summed E-state index contributed by atoms with van der Waals surface area (Å²) in [6, 6.07) is 7.81. The summed E-state index contributed by atoms with van der Waals surface area (Å²) >= 11 is 0. The molecule has 0 radical (unpaired) electrons. The topological polar surface area (TPSA) is 69.7 Å². The Morgan fingerprint density at radius 3 is 2.54 bits per heavy atom. The summed E-state index contributed by atoms with van der Waals surface area (Å²) in [7, 11) is 0.691. The second-order valence-electron chi connectivity index (χ2n) is 7.11. The molecule has 3 rings (SSSR count). The first-order chi connectivity index (χ1) is 11.3. The van der Waals surface area contributed by atoms with Crippen LogP contribution in [0.5, 0.6) is 0 Å². The second kappa shape index (κ2) is 6.37. The van der Waals surface area contributed by atoms with E-state index >= 15 is 0 Å². The molecule has 0 bridgehead atoms. The van der Waals surface area contributed by atoms with Crippen LogP contribution in [-0.2, 0) is 16.4 Å². The van der Waals surface area contributed by atoms with Crippen molar-refractivity contribution < 1.29 is 13.2 Å². The van der Waals surface area contributed by atoms with Crippen molar-refractivity contribution in [1.82, 2.24) is 15.1 Å². The van der Waals surface area contributed by atoms with Gasteiger partial charge in [-0.2, -0.15) is 0 Å². The maximum Gasteiger partial charge on any atom is 0.317 e. The molecule has 0 spiro atoms. The molecule has 132 valence electrons. The lowest BCUT2D eigenvalue weighted by molar-refractivity contribution is 0.198. The van der Waals surface area contributed by atoms with Gasteiger partial charge in [-0.1, -0.05) is 29.8 Å². The van der Waals surface area contributed by atoms with E-state index in [1.54, 1.807) is 4.90 Å². The number of carbonyl (C=O) groups is 1. The van der Waals surface area contributed by atoms with Crippen LogP contribution >= 0.6 is 0 Å². The molecule has 0 aliphatic carbocycles. The first-order valence-corrected chi connectivity index (χ1v) is 9.96. The lowest BCUT2D eigenvalue weighted by Crippen LogP contribution is -2.42. The molecule has 2 saturated heterocycles. The average molecular weight is 351 g/mol. The van der Waals surface area contributed by atoms with Crippen LogP contribution in [-0.4, -0.2) is 68.5 Å². The number of nitrogens with one attached hydrogen (secondary N) is 1. The number of aryl methyl sites for hydroxylation is 1. The van der Waals surface area contributed by atoms with Gasteiger partial charge in [0.1, 0.15) is 0 Å². The van der Waals surface area contributed by atoms with Crippen LogP contribution in [0.4, 0.5) is 4.79 Å². The average Bonchev–Trinajstić information content (AvgIpc) is 3.06. The van der Waals surface area contributed by atoms with Gasteiger partial charge in [-0.15, -0.1) is 0 Å². The largest absolute Gasteiger partial charge is 0.334 e. The highest BCUT2D eigenvalue weighted by Gasteiger charge is 2.53. The highest BCUT2D eigenvalue weighted by Crippen LogP contribution is 2.35. The molecule has 3 atom stereocenters. The number of fused-ring (bicyclic) bond motifs is 1. The molecule has 2 aliphatic heterocycles. The fraction of sp³-hybridized carbons (Fsp3) is 0.588. The van der Waals surface area contributed by atoms with E-state index in [9.17, 15) is 13.2 Å². The van der Waals surface area contributed by atoms with Gasteiger partial charge in [-0.25, -0.2) is 13.2 Å². The Morgan fingerprint density at radius 2 is 1.92 bits per heavy atom. The zero-order chi connectivity index (χ0) is 17.5. The Morgan fingerprint density at radius 1 is 1.25 bits per heavy atom. The van der Waals surface area contributed by atoms with Crippen molar-refractivity contribution in [2.45, 2.75) is 24.8 Å². The van der Waals surface area contributed by atoms with E-state index < -0.39 is 15.1 Å². The molecular formula is C17H25N3O3S. The van der Waals surface area contributed by atoms with Crippen LogP contribution < -0.4 is 5.32 Å². The molecule has 24 heavy (non-hydrogen) atoms. The third-order valence-electron chi connectivity index (χ3n) is 5.18. The van der Waals surface area contributed by atoms with Gasteiger partial charge in [-0.05, 0) is 26.6 Å². The third-order valence-corrected chi connectivity index (χ3v) is 7.41. The summed E-state index contributed by atoms with van der Waals surface area (Å²) in [6.07, 6.45) is 0. The predicted octanol–water partition coefficient (Wildman–Crippen LogP) is 0.864. The van der Waals surface area contributed by atoms with Gasteiger partial charge in [0.05, 0.1) is 11.0 Å². The molecule has 2 aliphatic rings. The lowest BCUT2D eigenvalue weighted by Gasteiger charge is -2.25. The Labute approximate surface area is 143 Å². The number of hydrogen-bond donors (Lipinski definition) is 1. The maximum atomic E-state index is 12.4. The van der Waals surface area contributed by atoms with Crippen molar-refractivity contribution in [1.29, 1.82) is 0 Å². The molecule has 2 amide bonds. The van der Waals surface area contributed by atoms with E-state index in [0.29, 0.717) is 19.6 Å². The molecule has 6 nitrogen and oxygen atoms in total. The summed E-state index contributed by atoms with van der Waals surface area (Å²) in [4.78, 5) is 16.0. The highest BCUT2D eigenvalue weighted by atomic mass is 32.2. The van der Waals surface area contributed by atoms with E-state index in [1.165, 1.54) is 5.56 Å². The SMILES string of the molecule is Cc1ccc(CNC(=O)N2C[C@H]3[C@H](N(C)C)CS(=O)(=O)[C@H]3C2)cc1. The van der Waals surface area contributed by atoms with Crippen molar-refractivity contribution in [2.24, 2.45) is 5.92 Å². The Kier molecular flexibility index (Phi) is 4.57. The summed E-state index contributed by atoms with van der Waals surface area (Å²) in [5, 5.41) is 2.48. The highest BCUT2D eigenvalue weighted by molar-refractivity contribution is 7.92. The fourth-order valence-electron chi connectivity index (χ4n) is 3.73. The Balaban J connectivity index is 1.62. The first kappa shape index (κ1) is 17.2. The van der Waals surface area contributed by atoms with Crippen LogP contribution in [0.15, 0.2) is 24.3 Å². The standard InChI is InChI=1S/C17H25N3O3S/c1-12-4-6-13(7-5-12)8-18-17(21)20-9-14-15(19(2)3)11-24(22,23)16(14)10-20/h4-7,14-16H,8-11H2,1-3H3,(H,18,21)/t14-,15+,16-/m0/s1. The van der Waals surface area contributed by atoms with Gasteiger partial charge >= 0.3 is 6.03 Å². The zero-order valence-electron chi connectivity index (χ0n) is 14.4. The molecule has 1 aromatic rings. The Bertz CT molecular complexity index is 715. The molecule has 7 heteroatoms. The van der Waals surface area contributed by atoms with Crippen LogP contribution in [0.1, 0.15) is 11.1 Å². The number of sulfone groups is 1. The van der Waals surface area contributed by atoms with Crippen molar-refractivity contribution in [2.75, 3.05) is 32.9 Å². The number of benzene rings is 1. The number of urea groups is 1. The van der Waals surface area contributed by atoms with Gasteiger partial charge in [0.2, 0.25) is 0 Å². The number of rotatable bonds is 3. The predicted molar refractivity (Wildman–Crippen MR) is 93.5 cm³/mol. The van der Waals surface area contributed by atoms with Crippen LogP contribution in [0, 0.1) is 12.8 Å². The number of hydrogen-bond acceptors (Lipinski definition) is 4. The normalized spacial score (nSPS) is 28.2. The van der Waals surface area contributed by atoms with Gasteiger partial charge < -0.3 is 15.1 Å². The molecule has 1 aromatic carbocycles. The first-order valence-electron chi connectivity index (χ1n) is 8.24. The summed E-state index contributed by atoms with van der Waals surface area (Å²) < 4.78 is 24.7. The Hall–Kier alpha value is -1.60. The van der Waals surface area contributed by atoms with E-state index in [2.05, 4.69) is 5.32 Å². The molecule has 2 heterocycles. The van der Waals surface area contributed by atoms with Crippen molar-refractivity contribution in [3.8, 4) is 0 Å². The number of amides is 2. The minimum Gasteiger partial charge on any atom is -0.334 e. The summed E-state index contributed by atoms with van der Waals surface area (Å²) in [5.74, 6) is 0.212. The zero-order valence-corrected chi connectivity index (χ0v) is 15.2. The monoisotopic (exact) mass is 351 g/mol. The number of likely N-dealkylation sites (tertiary alicyclic amines) is 1. The minimum absolute atomic E-state index is 0.00472. The fourth-order valence-corrected chi connectivity index (χ4v) is 6.20.